The summed E-state index contributed by atoms with van der Waals surface area (Å²) in [6.07, 6.45) is 2.89. The van der Waals surface area contributed by atoms with E-state index < -0.39 is 0 Å². The van der Waals surface area contributed by atoms with Crippen LogP contribution in [0.2, 0.25) is 0 Å². The highest BCUT2D eigenvalue weighted by Crippen LogP contribution is 2.29. The number of aryl methyl sites for hydroxylation is 1. The maximum atomic E-state index is 12.6. The van der Waals surface area contributed by atoms with Gasteiger partial charge in [0, 0.05) is 24.8 Å². The summed E-state index contributed by atoms with van der Waals surface area (Å²) in [6.45, 7) is 6.24. The van der Waals surface area contributed by atoms with E-state index in [2.05, 4.69) is 12.0 Å². The lowest BCUT2D eigenvalue weighted by Gasteiger charge is -2.22. The standard InChI is InChI=1S/C17H22N4O/c1-13-7-9-21(19-13)15-5-3-14(4-6-15)16(22)20-10-8-17(2,11-18)12-20/h3-7,9H,8,10-12,18H2,1-2H3. The van der Waals surface area contributed by atoms with Gasteiger partial charge < -0.3 is 10.6 Å². The number of rotatable bonds is 3. The van der Waals surface area contributed by atoms with Crippen LogP contribution >= 0.6 is 0 Å². The predicted molar refractivity (Wildman–Crippen MR) is 86.0 cm³/mol. The number of nitrogens with two attached hydrogens (primary N) is 1. The number of carbonyl (C=O) groups excluding carboxylic acids is 1. The van der Waals surface area contributed by atoms with Gasteiger partial charge >= 0.3 is 0 Å². The van der Waals surface area contributed by atoms with E-state index in [9.17, 15) is 4.79 Å². The molecule has 1 saturated heterocycles. The van der Waals surface area contributed by atoms with Crippen molar-refractivity contribution in [2.45, 2.75) is 20.3 Å². The minimum atomic E-state index is 0.0577. The number of hydrogen-bond acceptors (Lipinski definition) is 3. The van der Waals surface area contributed by atoms with Crippen LogP contribution in [-0.2, 0) is 0 Å². The van der Waals surface area contributed by atoms with Crippen LogP contribution < -0.4 is 5.73 Å². The monoisotopic (exact) mass is 298 g/mol. The van der Waals surface area contributed by atoms with Crippen molar-refractivity contribution in [1.82, 2.24) is 14.7 Å². The van der Waals surface area contributed by atoms with E-state index in [1.807, 2.05) is 53.0 Å². The Balaban J connectivity index is 1.74. The molecule has 0 radical (unpaired) electrons. The normalized spacial score (nSPS) is 21.3. The van der Waals surface area contributed by atoms with Crippen LogP contribution in [0.25, 0.3) is 5.69 Å². The average molecular weight is 298 g/mol. The van der Waals surface area contributed by atoms with Crippen molar-refractivity contribution in [2.24, 2.45) is 11.1 Å². The van der Waals surface area contributed by atoms with E-state index in [1.54, 1.807) is 0 Å². The van der Waals surface area contributed by atoms with Gasteiger partial charge in [-0.15, -0.1) is 0 Å². The molecule has 0 aliphatic carbocycles. The lowest BCUT2D eigenvalue weighted by molar-refractivity contribution is 0.0777. The summed E-state index contributed by atoms with van der Waals surface area (Å²) in [5.74, 6) is 0.0837. The molecule has 2 N–H and O–H groups in total. The zero-order valence-corrected chi connectivity index (χ0v) is 13.1. The fourth-order valence-corrected chi connectivity index (χ4v) is 2.86. The molecule has 1 unspecified atom stereocenters. The van der Waals surface area contributed by atoms with Crippen molar-refractivity contribution in [3.05, 3.63) is 47.8 Å². The molecule has 3 rings (SSSR count). The summed E-state index contributed by atoms with van der Waals surface area (Å²) in [7, 11) is 0. The SMILES string of the molecule is Cc1ccn(-c2ccc(C(=O)N3CCC(C)(CN)C3)cc2)n1. The molecule has 1 amide bonds. The molecule has 1 aliphatic rings. The van der Waals surface area contributed by atoms with Crippen LogP contribution in [0.3, 0.4) is 0 Å². The molecule has 0 spiro atoms. The molecule has 1 aromatic heterocycles. The summed E-state index contributed by atoms with van der Waals surface area (Å²) < 4.78 is 1.81. The fraction of sp³-hybridized carbons (Fsp3) is 0.412. The maximum absolute atomic E-state index is 12.6. The highest BCUT2D eigenvalue weighted by atomic mass is 16.2. The smallest absolute Gasteiger partial charge is 0.253 e. The second kappa shape index (κ2) is 5.57. The van der Waals surface area contributed by atoms with Crippen LogP contribution in [0.1, 0.15) is 29.4 Å². The number of benzene rings is 1. The number of nitrogens with zero attached hydrogens (tertiary/aromatic N) is 3. The molecule has 2 heterocycles. The number of amides is 1. The summed E-state index contributed by atoms with van der Waals surface area (Å²) in [5, 5.41) is 4.37. The maximum Gasteiger partial charge on any atom is 0.253 e. The molecule has 1 aromatic carbocycles. The van der Waals surface area contributed by atoms with E-state index in [1.165, 1.54) is 0 Å². The first kappa shape index (κ1) is 14.8. The topological polar surface area (TPSA) is 64.2 Å². The molecule has 116 valence electrons. The van der Waals surface area contributed by atoms with Gasteiger partial charge in [-0.2, -0.15) is 5.10 Å². The summed E-state index contributed by atoms with van der Waals surface area (Å²) in [6, 6.07) is 9.55. The van der Waals surface area contributed by atoms with E-state index in [0.29, 0.717) is 12.1 Å². The highest BCUT2D eigenvalue weighted by molar-refractivity contribution is 5.94. The molecule has 2 aromatic rings. The Hall–Kier alpha value is -2.14. The van der Waals surface area contributed by atoms with Gasteiger partial charge in [-0.1, -0.05) is 6.92 Å². The van der Waals surface area contributed by atoms with E-state index in [0.717, 1.165) is 30.9 Å². The van der Waals surface area contributed by atoms with Crippen molar-refractivity contribution in [3.63, 3.8) is 0 Å². The molecule has 22 heavy (non-hydrogen) atoms. The van der Waals surface area contributed by atoms with Crippen LogP contribution in [-0.4, -0.2) is 40.2 Å². The summed E-state index contributed by atoms with van der Waals surface area (Å²) >= 11 is 0. The Bertz CT molecular complexity index is 676. The molecule has 5 heteroatoms. The number of aromatic nitrogens is 2. The van der Waals surface area contributed by atoms with Gasteiger partial charge in [0.1, 0.15) is 0 Å². The third-order valence-electron chi connectivity index (χ3n) is 4.44. The lowest BCUT2D eigenvalue weighted by Crippen LogP contribution is -2.34. The summed E-state index contributed by atoms with van der Waals surface area (Å²) in [5.41, 5.74) is 8.51. The van der Waals surface area contributed by atoms with Crippen molar-refractivity contribution < 1.29 is 4.79 Å². The Morgan fingerprint density at radius 3 is 2.59 bits per heavy atom. The Labute approximate surface area is 130 Å². The number of carbonyl (C=O) groups is 1. The molecule has 1 aliphatic heterocycles. The van der Waals surface area contributed by atoms with Crippen molar-refractivity contribution in [1.29, 1.82) is 0 Å². The average Bonchev–Trinajstić information content (AvgIpc) is 3.14. The van der Waals surface area contributed by atoms with Crippen LogP contribution in [0, 0.1) is 12.3 Å². The molecule has 0 bridgehead atoms. The second-order valence-corrected chi connectivity index (χ2v) is 6.44. The van der Waals surface area contributed by atoms with Gasteiger partial charge in [0.15, 0.2) is 0 Å². The minimum Gasteiger partial charge on any atom is -0.338 e. The quantitative estimate of drug-likeness (QED) is 0.942. The first-order valence-electron chi connectivity index (χ1n) is 7.63. The van der Waals surface area contributed by atoms with Crippen molar-refractivity contribution >= 4 is 5.91 Å². The molecular formula is C17H22N4O. The third-order valence-corrected chi connectivity index (χ3v) is 4.44. The fourth-order valence-electron chi connectivity index (χ4n) is 2.86. The van der Waals surface area contributed by atoms with Gasteiger partial charge in [-0.25, -0.2) is 4.68 Å². The van der Waals surface area contributed by atoms with E-state index >= 15 is 0 Å². The molecule has 0 saturated carbocycles. The summed E-state index contributed by atoms with van der Waals surface area (Å²) in [4.78, 5) is 14.5. The van der Waals surface area contributed by atoms with Gasteiger partial charge in [-0.05, 0) is 55.6 Å². The van der Waals surface area contributed by atoms with Gasteiger partial charge in [-0.3, -0.25) is 4.79 Å². The highest BCUT2D eigenvalue weighted by Gasteiger charge is 2.35. The Morgan fingerprint density at radius 2 is 2.05 bits per heavy atom. The molecule has 1 fully saturated rings. The van der Waals surface area contributed by atoms with Gasteiger partial charge in [0.05, 0.1) is 11.4 Å². The van der Waals surface area contributed by atoms with Crippen LogP contribution in [0.15, 0.2) is 36.5 Å². The molecule has 5 nitrogen and oxygen atoms in total. The first-order chi connectivity index (χ1) is 10.5. The van der Waals surface area contributed by atoms with Gasteiger partial charge in [0.25, 0.3) is 5.91 Å². The van der Waals surface area contributed by atoms with Crippen molar-refractivity contribution in [2.75, 3.05) is 19.6 Å². The number of likely N-dealkylation sites (tertiary alicyclic amines) is 1. The third kappa shape index (κ3) is 2.76. The molecule has 1 atom stereocenters. The molecular weight excluding hydrogens is 276 g/mol. The lowest BCUT2D eigenvalue weighted by atomic mass is 9.90. The van der Waals surface area contributed by atoms with Crippen LogP contribution in [0.5, 0.6) is 0 Å². The predicted octanol–water partition coefficient (Wildman–Crippen LogP) is 1.99. The first-order valence-corrected chi connectivity index (χ1v) is 7.63. The van der Waals surface area contributed by atoms with Crippen molar-refractivity contribution in [3.8, 4) is 5.69 Å². The second-order valence-electron chi connectivity index (χ2n) is 6.44. The zero-order valence-electron chi connectivity index (χ0n) is 13.1. The van der Waals surface area contributed by atoms with E-state index in [4.69, 9.17) is 5.73 Å². The van der Waals surface area contributed by atoms with Crippen LogP contribution in [0.4, 0.5) is 0 Å². The number of hydrogen-bond donors (Lipinski definition) is 1. The largest absolute Gasteiger partial charge is 0.338 e. The Morgan fingerprint density at radius 1 is 1.32 bits per heavy atom. The van der Waals surface area contributed by atoms with Gasteiger partial charge in [0.2, 0.25) is 0 Å². The Kier molecular flexibility index (Phi) is 3.74. The van der Waals surface area contributed by atoms with E-state index in [-0.39, 0.29) is 11.3 Å². The zero-order chi connectivity index (χ0) is 15.7. The minimum absolute atomic E-state index is 0.0577.